The largest absolute Gasteiger partial charge is 0.355 e. The molecule has 4 aromatic rings. The van der Waals surface area contributed by atoms with Gasteiger partial charge in [-0.15, -0.1) is 0 Å². The molecule has 176 valence electrons. The number of aromatic nitrogens is 1. The van der Waals surface area contributed by atoms with Crippen LogP contribution in [0.1, 0.15) is 15.9 Å². The number of amides is 1. The summed E-state index contributed by atoms with van der Waals surface area (Å²) in [4.78, 5) is 25.2. The predicted molar refractivity (Wildman–Crippen MR) is 146 cm³/mol. The van der Waals surface area contributed by atoms with Gasteiger partial charge in [-0.05, 0) is 73.5 Å². The van der Waals surface area contributed by atoms with E-state index in [0.717, 1.165) is 28.0 Å². The maximum atomic E-state index is 13.0. The molecule has 4 rings (SSSR count). The van der Waals surface area contributed by atoms with E-state index >= 15 is 0 Å². The van der Waals surface area contributed by atoms with Gasteiger partial charge >= 0.3 is 0 Å². The van der Waals surface area contributed by atoms with E-state index in [-0.39, 0.29) is 5.91 Å². The first kappa shape index (κ1) is 23.9. The van der Waals surface area contributed by atoms with Gasteiger partial charge < -0.3 is 16.0 Å². The molecule has 0 aliphatic heterocycles. The van der Waals surface area contributed by atoms with Crippen LogP contribution >= 0.6 is 0 Å². The van der Waals surface area contributed by atoms with Crippen LogP contribution in [0.15, 0.2) is 101 Å². The third-order valence-electron chi connectivity index (χ3n) is 5.22. The fourth-order valence-corrected chi connectivity index (χ4v) is 3.52. The number of hydrogen-bond donors (Lipinski definition) is 3. The Balaban J connectivity index is 1.51. The molecule has 36 heavy (non-hydrogen) atoms. The number of nitriles is 1. The van der Waals surface area contributed by atoms with Crippen molar-refractivity contribution in [2.45, 2.75) is 0 Å². The molecular weight excluding hydrogens is 450 g/mol. The lowest BCUT2D eigenvalue weighted by Gasteiger charge is -2.12. The van der Waals surface area contributed by atoms with Crippen LogP contribution in [-0.4, -0.2) is 30.9 Å². The van der Waals surface area contributed by atoms with Crippen LogP contribution in [0.4, 0.5) is 22.7 Å². The van der Waals surface area contributed by atoms with Crippen LogP contribution in [0.3, 0.4) is 0 Å². The Labute approximate surface area is 208 Å². The minimum atomic E-state index is -0.252. The van der Waals surface area contributed by atoms with Gasteiger partial charge in [-0.1, -0.05) is 12.1 Å². The number of allylic oxidation sites excluding steroid dienone is 1. The molecule has 8 heteroatoms. The van der Waals surface area contributed by atoms with Crippen molar-refractivity contribution in [3.63, 3.8) is 0 Å². The molecule has 8 nitrogen and oxygen atoms in total. The number of carbonyl (C=O) groups excluding carboxylic acids is 1. The van der Waals surface area contributed by atoms with Gasteiger partial charge in [0.15, 0.2) is 0 Å². The lowest BCUT2D eigenvalue weighted by Crippen LogP contribution is -2.12. The SMILES string of the molecule is C=N/C(=C\C=N/C)Nc1cccc(NC(=O)c2cccc(Nc3ccnc4ccc(C#N)cc34)c2)c1. The molecule has 3 N–H and O–H groups in total. The number of hydrogen-bond acceptors (Lipinski definition) is 7. The van der Waals surface area contributed by atoms with E-state index in [1.807, 2.05) is 30.3 Å². The monoisotopic (exact) mass is 473 g/mol. The zero-order valence-corrected chi connectivity index (χ0v) is 19.6. The number of nitrogens with zero attached hydrogens (tertiary/aromatic N) is 4. The number of rotatable bonds is 8. The number of carbonyl (C=O) groups is 1. The summed E-state index contributed by atoms with van der Waals surface area (Å²) in [6.45, 7) is 3.55. The molecule has 0 unspecified atom stereocenters. The van der Waals surface area contributed by atoms with E-state index in [2.05, 4.69) is 43.7 Å². The van der Waals surface area contributed by atoms with Gasteiger partial charge in [-0.2, -0.15) is 5.26 Å². The molecule has 0 spiro atoms. The highest BCUT2D eigenvalue weighted by Gasteiger charge is 2.09. The number of pyridine rings is 1. The molecule has 0 fully saturated rings. The van der Waals surface area contributed by atoms with Crippen molar-refractivity contribution in [3.8, 4) is 6.07 Å². The number of fused-ring (bicyclic) bond motifs is 1. The Morgan fingerprint density at radius 3 is 2.56 bits per heavy atom. The van der Waals surface area contributed by atoms with E-state index in [0.29, 0.717) is 22.6 Å². The van der Waals surface area contributed by atoms with Gasteiger partial charge in [0.05, 0.1) is 17.1 Å². The van der Waals surface area contributed by atoms with Crippen molar-refractivity contribution in [1.29, 1.82) is 5.26 Å². The fourth-order valence-electron chi connectivity index (χ4n) is 3.52. The van der Waals surface area contributed by atoms with E-state index in [1.54, 1.807) is 68.0 Å². The van der Waals surface area contributed by atoms with Crippen LogP contribution in [0.25, 0.3) is 10.9 Å². The second-order valence-electron chi connectivity index (χ2n) is 7.69. The second kappa shape index (κ2) is 11.2. The summed E-state index contributed by atoms with van der Waals surface area (Å²) < 4.78 is 0. The predicted octanol–water partition coefficient (Wildman–Crippen LogP) is 5.76. The van der Waals surface area contributed by atoms with Crippen LogP contribution < -0.4 is 16.0 Å². The summed E-state index contributed by atoms with van der Waals surface area (Å²) in [5.41, 5.74) is 4.70. The lowest BCUT2D eigenvalue weighted by atomic mass is 10.1. The van der Waals surface area contributed by atoms with Crippen molar-refractivity contribution in [3.05, 3.63) is 102 Å². The number of anilines is 4. The summed E-state index contributed by atoms with van der Waals surface area (Å²) in [6.07, 6.45) is 5.01. The molecule has 0 atom stereocenters. The fraction of sp³-hybridized carbons (Fsp3) is 0.0357. The minimum absolute atomic E-state index is 0.252. The molecule has 3 aromatic carbocycles. The zero-order valence-electron chi connectivity index (χ0n) is 19.6. The van der Waals surface area contributed by atoms with Gasteiger partial charge in [-0.3, -0.25) is 14.8 Å². The first-order valence-corrected chi connectivity index (χ1v) is 11.0. The molecule has 0 saturated carbocycles. The topological polar surface area (TPSA) is 115 Å². The van der Waals surface area contributed by atoms with Gasteiger partial charge in [0.2, 0.25) is 0 Å². The molecule has 0 bridgehead atoms. The molecule has 0 aliphatic carbocycles. The average Bonchev–Trinajstić information content (AvgIpc) is 2.91. The summed E-state index contributed by atoms with van der Waals surface area (Å²) in [5, 5.41) is 19.5. The molecule has 1 aromatic heterocycles. The number of aliphatic imine (C=N–C) groups is 2. The van der Waals surface area contributed by atoms with E-state index in [9.17, 15) is 10.1 Å². The van der Waals surface area contributed by atoms with E-state index < -0.39 is 0 Å². The van der Waals surface area contributed by atoms with Crippen LogP contribution in [0, 0.1) is 11.3 Å². The van der Waals surface area contributed by atoms with Crippen molar-refractivity contribution in [1.82, 2.24) is 4.98 Å². The van der Waals surface area contributed by atoms with Crippen LogP contribution in [0.2, 0.25) is 0 Å². The Morgan fingerprint density at radius 2 is 1.78 bits per heavy atom. The van der Waals surface area contributed by atoms with E-state index in [4.69, 9.17) is 0 Å². The Bertz CT molecular complexity index is 1530. The molecule has 0 saturated heterocycles. The summed E-state index contributed by atoms with van der Waals surface area (Å²) in [7, 11) is 1.67. The molecule has 1 heterocycles. The van der Waals surface area contributed by atoms with Gasteiger partial charge in [0, 0.05) is 53.2 Å². The molecule has 0 radical (unpaired) electrons. The third-order valence-corrected chi connectivity index (χ3v) is 5.22. The highest BCUT2D eigenvalue weighted by atomic mass is 16.1. The smallest absolute Gasteiger partial charge is 0.255 e. The Hall–Kier alpha value is -5.29. The first-order chi connectivity index (χ1) is 17.6. The van der Waals surface area contributed by atoms with Gasteiger partial charge in [0.25, 0.3) is 5.91 Å². The number of nitrogens with one attached hydrogen (secondary N) is 3. The summed E-state index contributed by atoms with van der Waals surface area (Å²) in [6, 6.07) is 23.8. The maximum Gasteiger partial charge on any atom is 0.255 e. The van der Waals surface area contributed by atoms with Gasteiger partial charge in [0.1, 0.15) is 5.82 Å². The minimum Gasteiger partial charge on any atom is -0.355 e. The van der Waals surface area contributed by atoms with Crippen molar-refractivity contribution in [2.24, 2.45) is 9.98 Å². The Morgan fingerprint density at radius 1 is 1.00 bits per heavy atom. The van der Waals surface area contributed by atoms with Crippen LogP contribution in [0.5, 0.6) is 0 Å². The Kier molecular flexibility index (Phi) is 7.44. The highest BCUT2D eigenvalue weighted by molar-refractivity contribution is 6.05. The normalized spacial score (nSPS) is 11.2. The highest BCUT2D eigenvalue weighted by Crippen LogP contribution is 2.27. The van der Waals surface area contributed by atoms with Crippen molar-refractivity contribution < 1.29 is 4.79 Å². The zero-order chi connectivity index (χ0) is 25.3. The van der Waals surface area contributed by atoms with Crippen molar-refractivity contribution >= 4 is 52.5 Å². The molecule has 1 amide bonds. The molecular formula is C28H23N7O. The van der Waals surface area contributed by atoms with Crippen molar-refractivity contribution in [2.75, 3.05) is 23.0 Å². The van der Waals surface area contributed by atoms with Crippen LogP contribution in [-0.2, 0) is 0 Å². The second-order valence-corrected chi connectivity index (χ2v) is 7.69. The summed E-state index contributed by atoms with van der Waals surface area (Å²) in [5.74, 6) is 0.284. The standard InChI is InChI=1S/C28H23N7O/c1-30-13-12-27(31-2)34-22-7-4-8-23(17-22)35-28(36)20-5-3-6-21(16-20)33-26-11-14-32-25-10-9-19(18-29)15-24(25)26/h3-17,34H,2H2,1H3,(H,32,33)(H,35,36)/b27-12+,30-13-. The third kappa shape index (κ3) is 5.79. The quantitative estimate of drug-likeness (QED) is 0.282. The maximum absolute atomic E-state index is 13.0. The summed E-state index contributed by atoms with van der Waals surface area (Å²) >= 11 is 0. The molecule has 0 aliphatic rings. The lowest BCUT2D eigenvalue weighted by molar-refractivity contribution is 0.102. The van der Waals surface area contributed by atoms with Gasteiger partial charge in [-0.25, -0.2) is 4.99 Å². The average molecular weight is 474 g/mol. The first-order valence-electron chi connectivity index (χ1n) is 11.0. The number of benzene rings is 3. The van der Waals surface area contributed by atoms with E-state index in [1.165, 1.54) is 0 Å².